The van der Waals surface area contributed by atoms with Crippen molar-refractivity contribution >= 4 is 55.4 Å². The van der Waals surface area contributed by atoms with E-state index >= 15 is 0 Å². The number of nitro groups is 2. The molecule has 2 aromatic carbocycles. The number of carbonyl (C=O) groups excluding carboxylic acids is 2. The van der Waals surface area contributed by atoms with E-state index in [2.05, 4.69) is 37.3 Å². The van der Waals surface area contributed by atoms with E-state index in [-0.39, 0.29) is 36.0 Å². The lowest BCUT2D eigenvalue weighted by molar-refractivity contribution is -0.385. The number of carbonyl (C=O) groups is 2. The predicted octanol–water partition coefficient (Wildman–Crippen LogP) is 4.44. The Morgan fingerprint density at radius 2 is 1.36 bits per heavy atom. The Labute approximate surface area is 204 Å². The quantitative estimate of drug-likeness (QED) is 0.256. The monoisotopic (exact) mass is 588 g/mol. The SMILES string of the molecule is O=C(NN(CC(Br)CBr)C(=O)OCc1ccc([N+](=O)[O-])cc1)OCc1ccc([N+](=O)[O-])cc1. The molecule has 2 amide bonds. The predicted molar refractivity (Wildman–Crippen MR) is 123 cm³/mol. The number of nitro benzene ring substituents is 2. The number of ether oxygens (including phenoxy) is 2. The third-order valence-corrected chi connectivity index (χ3v) is 6.29. The molecular formula is C19H18Br2N4O8. The maximum atomic E-state index is 12.5. The fourth-order valence-electron chi connectivity index (χ4n) is 2.35. The summed E-state index contributed by atoms with van der Waals surface area (Å²) in [7, 11) is 0. The van der Waals surface area contributed by atoms with E-state index in [4.69, 9.17) is 9.47 Å². The molecule has 0 aliphatic carbocycles. The number of non-ortho nitro benzene ring substituents is 2. The average molecular weight is 590 g/mol. The van der Waals surface area contributed by atoms with Crippen LogP contribution in [0.1, 0.15) is 11.1 Å². The van der Waals surface area contributed by atoms with Gasteiger partial charge in [-0.1, -0.05) is 31.9 Å². The largest absolute Gasteiger partial charge is 0.443 e. The van der Waals surface area contributed by atoms with E-state index in [0.29, 0.717) is 16.5 Å². The number of hydrazine groups is 1. The zero-order valence-electron chi connectivity index (χ0n) is 16.9. The Balaban J connectivity index is 1.93. The number of rotatable bonds is 9. The van der Waals surface area contributed by atoms with E-state index in [1.165, 1.54) is 48.5 Å². The number of hydrogen-bond acceptors (Lipinski definition) is 8. The number of halogens is 2. The van der Waals surface area contributed by atoms with Gasteiger partial charge in [-0.15, -0.1) is 0 Å². The fraction of sp³-hybridized carbons (Fsp3) is 0.263. The zero-order valence-corrected chi connectivity index (χ0v) is 20.1. The lowest BCUT2D eigenvalue weighted by Gasteiger charge is -2.24. The minimum absolute atomic E-state index is 0.0387. The van der Waals surface area contributed by atoms with Crippen LogP contribution in [-0.4, -0.2) is 43.7 Å². The molecule has 0 fully saturated rings. The third kappa shape index (κ3) is 8.65. The number of hydrogen-bond donors (Lipinski definition) is 1. The van der Waals surface area contributed by atoms with Crippen LogP contribution in [0, 0.1) is 20.2 Å². The van der Waals surface area contributed by atoms with Crippen molar-refractivity contribution in [2.45, 2.75) is 18.0 Å². The van der Waals surface area contributed by atoms with Crippen molar-refractivity contribution in [1.82, 2.24) is 10.4 Å². The van der Waals surface area contributed by atoms with E-state index in [9.17, 15) is 29.8 Å². The lowest BCUT2D eigenvalue weighted by Crippen LogP contribution is -2.49. The summed E-state index contributed by atoms with van der Waals surface area (Å²) in [5.41, 5.74) is 3.14. The number of amides is 2. The van der Waals surface area contributed by atoms with Crippen molar-refractivity contribution in [3.05, 3.63) is 79.9 Å². The standard InChI is InChI=1S/C19H18Br2N4O8/c20-9-15(21)10-23(19(27)33-12-14-3-7-17(8-4-14)25(30)31)22-18(26)32-11-13-1-5-16(6-2-13)24(28)29/h1-8,15H,9-12H2,(H,22,26). The second-order valence-electron chi connectivity index (χ2n) is 6.45. The molecule has 1 atom stereocenters. The van der Waals surface area contributed by atoms with Crippen molar-refractivity contribution in [3.63, 3.8) is 0 Å². The van der Waals surface area contributed by atoms with Gasteiger partial charge in [0.05, 0.1) is 16.4 Å². The van der Waals surface area contributed by atoms with Gasteiger partial charge >= 0.3 is 12.2 Å². The van der Waals surface area contributed by atoms with Crippen molar-refractivity contribution in [2.24, 2.45) is 0 Å². The zero-order chi connectivity index (χ0) is 24.4. The summed E-state index contributed by atoms with van der Waals surface area (Å²) < 4.78 is 10.2. The molecule has 1 unspecified atom stereocenters. The first-order valence-electron chi connectivity index (χ1n) is 9.24. The van der Waals surface area contributed by atoms with Gasteiger partial charge in [-0.3, -0.25) is 20.2 Å². The topological polar surface area (TPSA) is 154 Å². The van der Waals surface area contributed by atoms with Gasteiger partial charge in [0.1, 0.15) is 13.2 Å². The van der Waals surface area contributed by atoms with Crippen molar-refractivity contribution < 1.29 is 28.9 Å². The van der Waals surface area contributed by atoms with Crippen LogP contribution in [-0.2, 0) is 22.7 Å². The molecule has 14 heteroatoms. The molecule has 0 aromatic heterocycles. The van der Waals surface area contributed by atoms with Crippen LogP contribution in [0.4, 0.5) is 21.0 Å². The molecule has 12 nitrogen and oxygen atoms in total. The molecule has 176 valence electrons. The van der Waals surface area contributed by atoms with Gasteiger partial charge in [-0.2, -0.15) is 0 Å². The molecular weight excluding hydrogens is 572 g/mol. The highest BCUT2D eigenvalue weighted by atomic mass is 79.9. The van der Waals surface area contributed by atoms with Crippen molar-refractivity contribution in [1.29, 1.82) is 0 Å². The highest BCUT2D eigenvalue weighted by Gasteiger charge is 2.22. The van der Waals surface area contributed by atoms with Crippen LogP contribution >= 0.6 is 31.9 Å². The lowest BCUT2D eigenvalue weighted by atomic mass is 10.2. The van der Waals surface area contributed by atoms with E-state index in [1.807, 2.05) is 0 Å². The average Bonchev–Trinajstić information content (AvgIpc) is 2.81. The molecule has 2 aromatic rings. The Hall–Kier alpha value is -3.26. The Morgan fingerprint density at radius 1 is 0.909 bits per heavy atom. The molecule has 33 heavy (non-hydrogen) atoms. The highest BCUT2D eigenvalue weighted by Crippen LogP contribution is 2.14. The molecule has 0 saturated carbocycles. The number of alkyl halides is 2. The molecule has 0 heterocycles. The van der Waals surface area contributed by atoms with Crippen molar-refractivity contribution in [3.8, 4) is 0 Å². The van der Waals surface area contributed by atoms with Crippen LogP contribution < -0.4 is 5.43 Å². The van der Waals surface area contributed by atoms with E-state index in [0.717, 1.165) is 5.01 Å². The molecule has 0 saturated heterocycles. The summed E-state index contributed by atoms with van der Waals surface area (Å²) in [5, 5.41) is 22.8. The number of nitrogens with one attached hydrogen (secondary N) is 1. The van der Waals surface area contributed by atoms with Crippen LogP contribution in [0.25, 0.3) is 0 Å². The van der Waals surface area contributed by atoms with Gasteiger partial charge in [0, 0.05) is 34.4 Å². The molecule has 1 N–H and O–H groups in total. The molecule has 2 rings (SSSR count). The summed E-state index contributed by atoms with van der Waals surface area (Å²) in [4.78, 5) is 44.7. The van der Waals surface area contributed by atoms with Crippen LogP contribution in [0.15, 0.2) is 48.5 Å². The Bertz CT molecular complexity index is 988. The van der Waals surface area contributed by atoms with Gasteiger partial charge in [0.25, 0.3) is 11.4 Å². The van der Waals surface area contributed by atoms with Gasteiger partial charge in [-0.05, 0) is 35.4 Å². The molecule has 0 aliphatic rings. The van der Waals surface area contributed by atoms with Crippen LogP contribution in [0.5, 0.6) is 0 Å². The molecule has 0 radical (unpaired) electrons. The molecule has 0 spiro atoms. The first kappa shape index (κ1) is 26.0. The minimum atomic E-state index is -0.935. The maximum absolute atomic E-state index is 12.5. The molecule has 0 bridgehead atoms. The first-order chi connectivity index (χ1) is 15.7. The Kier molecular flexibility index (Phi) is 10.00. The summed E-state index contributed by atoms with van der Waals surface area (Å²) in [6.45, 7) is -0.309. The van der Waals surface area contributed by atoms with Gasteiger partial charge < -0.3 is 9.47 Å². The summed E-state index contributed by atoms with van der Waals surface area (Å²) in [5.74, 6) is 0. The summed E-state index contributed by atoms with van der Waals surface area (Å²) in [6.07, 6.45) is -1.80. The molecule has 0 aliphatic heterocycles. The third-order valence-electron chi connectivity index (χ3n) is 4.02. The normalized spacial score (nSPS) is 11.2. The Morgan fingerprint density at radius 3 is 1.79 bits per heavy atom. The second kappa shape index (κ2) is 12.7. The van der Waals surface area contributed by atoms with Gasteiger partial charge in [-0.25, -0.2) is 20.0 Å². The van der Waals surface area contributed by atoms with E-state index < -0.39 is 22.0 Å². The van der Waals surface area contributed by atoms with Gasteiger partial charge in [0.2, 0.25) is 0 Å². The van der Waals surface area contributed by atoms with Crippen LogP contribution in [0.2, 0.25) is 0 Å². The van der Waals surface area contributed by atoms with E-state index in [1.54, 1.807) is 0 Å². The maximum Gasteiger partial charge on any atom is 0.429 e. The van der Waals surface area contributed by atoms with Crippen molar-refractivity contribution in [2.75, 3.05) is 11.9 Å². The fourth-order valence-corrected chi connectivity index (χ4v) is 2.85. The second-order valence-corrected chi connectivity index (χ2v) is 8.39. The van der Waals surface area contributed by atoms with Crippen LogP contribution in [0.3, 0.4) is 0 Å². The minimum Gasteiger partial charge on any atom is -0.443 e. The summed E-state index contributed by atoms with van der Waals surface area (Å²) >= 11 is 6.60. The number of benzene rings is 2. The first-order valence-corrected chi connectivity index (χ1v) is 11.3. The summed E-state index contributed by atoms with van der Waals surface area (Å²) in [6, 6.07) is 10.9. The van der Waals surface area contributed by atoms with Gasteiger partial charge in [0.15, 0.2) is 0 Å². The highest BCUT2D eigenvalue weighted by molar-refractivity contribution is 9.12. The number of nitrogens with zero attached hydrogens (tertiary/aromatic N) is 3. The smallest absolute Gasteiger partial charge is 0.429 e.